The smallest absolute Gasteiger partial charge is 0.417 e. The molecule has 0 saturated carbocycles. The van der Waals surface area contributed by atoms with Gasteiger partial charge in [-0.2, -0.15) is 13.2 Å². The third-order valence-electron chi connectivity index (χ3n) is 2.60. The summed E-state index contributed by atoms with van der Waals surface area (Å²) in [5, 5.41) is 3.16. The lowest BCUT2D eigenvalue weighted by Gasteiger charge is -2.23. The molecule has 0 radical (unpaired) electrons. The summed E-state index contributed by atoms with van der Waals surface area (Å²) in [6.07, 6.45) is -1.65. The van der Waals surface area contributed by atoms with E-state index in [-0.39, 0.29) is 12.0 Å². The predicted octanol–water partition coefficient (Wildman–Crippen LogP) is 2.23. The number of piperidine rings is 1. The van der Waals surface area contributed by atoms with Gasteiger partial charge in [0.25, 0.3) is 0 Å². The zero-order valence-electron chi connectivity index (χ0n) is 9.13. The SMILES string of the molecule is FC(F)(F)c1ccc(OC2CCCNC2)nc1. The molecule has 2 rings (SSSR count). The highest BCUT2D eigenvalue weighted by Gasteiger charge is 2.30. The van der Waals surface area contributed by atoms with Crippen LogP contribution in [0.3, 0.4) is 0 Å². The number of hydrogen-bond acceptors (Lipinski definition) is 3. The first-order valence-corrected chi connectivity index (χ1v) is 5.46. The van der Waals surface area contributed by atoms with Gasteiger partial charge in [0.1, 0.15) is 6.10 Å². The summed E-state index contributed by atoms with van der Waals surface area (Å²) in [4.78, 5) is 3.67. The molecule has 1 aromatic rings. The van der Waals surface area contributed by atoms with Gasteiger partial charge in [-0.25, -0.2) is 4.98 Å². The van der Waals surface area contributed by atoms with Crippen molar-refractivity contribution in [3.63, 3.8) is 0 Å². The molecule has 17 heavy (non-hydrogen) atoms. The second-order valence-electron chi connectivity index (χ2n) is 3.97. The minimum absolute atomic E-state index is 0.00649. The van der Waals surface area contributed by atoms with Crippen LogP contribution in [0.25, 0.3) is 0 Å². The maximum absolute atomic E-state index is 12.3. The van der Waals surface area contributed by atoms with E-state index in [1.807, 2.05) is 0 Å². The predicted molar refractivity (Wildman–Crippen MR) is 55.8 cm³/mol. The Morgan fingerprint density at radius 3 is 2.71 bits per heavy atom. The Morgan fingerprint density at radius 2 is 2.18 bits per heavy atom. The summed E-state index contributed by atoms with van der Waals surface area (Å²) in [6.45, 7) is 1.67. The van der Waals surface area contributed by atoms with E-state index >= 15 is 0 Å². The molecule has 1 unspecified atom stereocenters. The summed E-state index contributed by atoms with van der Waals surface area (Å²) in [5.41, 5.74) is -0.758. The molecule has 1 aliphatic heterocycles. The molecule has 0 bridgehead atoms. The molecule has 1 aliphatic rings. The standard InChI is InChI=1S/C11H13F3N2O/c12-11(13,14)8-3-4-10(16-6-8)17-9-2-1-5-15-7-9/h3-4,6,9,15H,1-2,5,7H2. The Kier molecular flexibility index (Phi) is 3.51. The van der Waals surface area contributed by atoms with Crippen molar-refractivity contribution in [1.29, 1.82) is 0 Å². The van der Waals surface area contributed by atoms with Crippen molar-refractivity contribution in [2.45, 2.75) is 25.1 Å². The minimum Gasteiger partial charge on any atom is -0.473 e. The molecule has 0 amide bonds. The summed E-state index contributed by atoms with van der Waals surface area (Å²) in [6, 6.07) is 2.25. The summed E-state index contributed by atoms with van der Waals surface area (Å²) >= 11 is 0. The molecule has 1 N–H and O–H groups in total. The molecule has 3 nitrogen and oxygen atoms in total. The van der Waals surface area contributed by atoms with Crippen LogP contribution < -0.4 is 10.1 Å². The van der Waals surface area contributed by atoms with Gasteiger partial charge in [0, 0.05) is 18.8 Å². The van der Waals surface area contributed by atoms with E-state index in [1.165, 1.54) is 6.07 Å². The molecule has 1 aromatic heterocycles. The lowest BCUT2D eigenvalue weighted by atomic mass is 10.1. The highest BCUT2D eigenvalue weighted by Crippen LogP contribution is 2.29. The number of alkyl halides is 3. The Morgan fingerprint density at radius 1 is 1.35 bits per heavy atom. The molecule has 1 saturated heterocycles. The Balaban J connectivity index is 1.98. The molecule has 0 aromatic carbocycles. The van der Waals surface area contributed by atoms with Crippen molar-refractivity contribution in [3.05, 3.63) is 23.9 Å². The molecule has 2 heterocycles. The van der Waals surface area contributed by atoms with Crippen LogP contribution in [0, 0.1) is 0 Å². The summed E-state index contributed by atoms with van der Waals surface area (Å²) < 4.78 is 42.3. The van der Waals surface area contributed by atoms with E-state index in [0.29, 0.717) is 6.54 Å². The van der Waals surface area contributed by atoms with E-state index in [2.05, 4.69) is 10.3 Å². The third-order valence-corrected chi connectivity index (χ3v) is 2.60. The van der Waals surface area contributed by atoms with E-state index in [4.69, 9.17) is 4.74 Å². The number of hydrogen-bond donors (Lipinski definition) is 1. The van der Waals surface area contributed by atoms with Crippen molar-refractivity contribution < 1.29 is 17.9 Å². The van der Waals surface area contributed by atoms with Crippen LogP contribution in [-0.2, 0) is 6.18 Å². The van der Waals surface area contributed by atoms with Crippen LogP contribution >= 0.6 is 0 Å². The van der Waals surface area contributed by atoms with E-state index < -0.39 is 11.7 Å². The fourth-order valence-electron chi connectivity index (χ4n) is 1.71. The Labute approximate surface area is 97.0 Å². The quantitative estimate of drug-likeness (QED) is 0.868. The number of nitrogens with one attached hydrogen (secondary N) is 1. The van der Waals surface area contributed by atoms with Crippen molar-refractivity contribution >= 4 is 0 Å². The fraction of sp³-hybridized carbons (Fsp3) is 0.545. The maximum Gasteiger partial charge on any atom is 0.417 e. The molecule has 6 heteroatoms. The average molecular weight is 246 g/mol. The molecule has 94 valence electrons. The van der Waals surface area contributed by atoms with Gasteiger partial charge in [-0.1, -0.05) is 0 Å². The largest absolute Gasteiger partial charge is 0.473 e. The number of rotatable bonds is 2. The van der Waals surface area contributed by atoms with Crippen LogP contribution in [0.15, 0.2) is 18.3 Å². The Hall–Kier alpha value is -1.30. The average Bonchev–Trinajstić information content (AvgIpc) is 2.30. The zero-order valence-corrected chi connectivity index (χ0v) is 9.13. The van der Waals surface area contributed by atoms with Crippen LogP contribution in [0.1, 0.15) is 18.4 Å². The topological polar surface area (TPSA) is 34.1 Å². The van der Waals surface area contributed by atoms with Crippen molar-refractivity contribution in [1.82, 2.24) is 10.3 Å². The first-order valence-electron chi connectivity index (χ1n) is 5.46. The second-order valence-corrected chi connectivity index (χ2v) is 3.97. The summed E-state index contributed by atoms with van der Waals surface area (Å²) in [7, 11) is 0. The van der Waals surface area contributed by atoms with Gasteiger partial charge in [0.15, 0.2) is 0 Å². The van der Waals surface area contributed by atoms with Crippen molar-refractivity contribution in [2.75, 3.05) is 13.1 Å². The molecule has 0 aliphatic carbocycles. The van der Waals surface area contributed by atoms with E-state index in [0.717, 1.165) is 31.6 Å². The van der Waals surface area contributed by atoms with Gasteiger partial charge in [-0.15, -0.1) is 0 Å². The first kappa shape index (κ1) is 12.2. The lowest BCUT2D eigenvalue weighted by molar-refractivity contribution is -0.137. The monoisotopic (exact) mass is 246 g/mol. The minimum atomic E-state index is -4.35. The van der Waals surface area contributed by atoms with E-state index in [9.17, 15) is 13.2 Å². The van der Waals surface area contributed by atoms with Crippen molar-refractivity contribution in [2.24, 2.45) is 0 Å². The molecular weight excluding hydrogens is 233 g/mol. The third kappa shape index (κ3) is 3.33. The molecule has 0 spiro atoms. The van der Waals surface area contributed by atoms with Gasteiger partial charge in [-0.05, 0) is 25.5 Å². The molecule has 1 atom stereocenters. The van der Waals surface area contributed by atoms with Gasteiger partial charge >= 0.3 is 6.18 Å². The second kappa shape index (κ2) is 4.91. The van der Waals surface area contributed by atoms with Crippen LogP contribution in [0.4, 0.5) is 13.2 Å². The van der Waals surface area contributed by atoms with Gasteiger partial charge in [0.2, 0.25) is 5.88 Å². The number of halogens is 3. The highest BCUT2D eigenvalue weighted by molar-refractivity contribution is 5.20. The van der Waals surface area contributed by atoms with Gasteiger partial charge in [-0.3, -0.25) is 0 Å². The van der Waals surface area contributed by atoms with Crippen LogP contribution in [-0.4, -0.2) is 24.2 Å². The van der Waals surface area contributed by atoms with Gasteiger partial charge < -0.3 is 10.1 Å². The number of pyridine rings is 1. The number of nitrogens with zero attached hydrogens (tertiary/aromatic N) is 1. The fourth-order valence-corrected chi connectivity index (χ4v) is 1.71. The maximum atomic E-state index is 12.3. The van der Waals surface area contributed by atoms with Crippen LogP contribution in [0.2, 0.25) is 0 Å². The van der Waals surface area contributed by atoms with Crippen LogP contribution in [0.5, 0.6) is 5.88 Å². The highest BCUT2D eigenvalue weighted by atomic mass is 19.4. The number of ether oxygens (including phenoxy) is 1. The van der Waals surface area contributed by atoms with E-state index in [1.54, 1.807) is 0 Å². The molecule has 1 fully saturated rings. The zero-order chi connectivity index (χ0) is 12.3. The lowest BCUT2D eigenvalue weighted by Crippen LogP contribution is -2.37. The molecular formula is C11H13F3N2O. The normalized spacial score (nSPS) is 21.2. The van der Waals surface area contributed by atoms with Gasteiger partial charge in [0.05, 0.1) is 5.56 Å². The van der Waals surface area contributed by atoms with Crippen molar-refractivity contribution in [3.8, 4) is 5.88 Å². The first-order chi connectivity index (χ1) is 8.05. The number of aromatic nitrogens is 1. The summed E-state index contributed by atoms with van der Waals surface area (Å²) in [5.74, 6) is 0.242. The Bertz CT molecular complexity index is 358.